The molecule has 0 saturated heterocycles. The summed E-state index contributed by atoms with van der Waals surface area (Å²) in [5, 5.41) is 8.17. The highest BCUT2D eigenvalue weighted by molar-refractivity contribution is 7.92. The Hall–Kier alpha value is -3.72. The second-order valence-corrected chi connectivity index (χ2v) is 8.83. The van der Waals surface area contributed by atoms with Gasteiger partial charge < -0.3 is 9.84 Å². The second-order valence-electron chi connectivity index (χ2n) is 6.92. The summed E-state index contributed by atoms with van der Waals surface area (Å²) < 4.78 is 31.2. The van der Waals surface area contributed by atoms with Gasteiger partial charge in [0.05, 0.1) is 18.5 Å². The van der Waals surface area contributed by atoms with Crippen molar-refractivity contribution in [1.82, 2.24) is 15.5 Å². The topological polar surface area (TPSA) is 105 Å². The average Bonchev–Trinajstić information content (AvgIpc) is 3.25. The zero-order valence-corrected chi connectivity index (χ0v) is 17.5. The van der Waals surface area contributed by atoms with E-state index < -0.39 is 15.9 Å². The molecule has 0 aliphatic carbocycles. The molecule has 3 aromatic carbocycles. The van der Waals surface area contributed by atoms with Crippen LogP contribution >= 0.6 is 0 Å². The number of carbonyl (C=O) groups excluding carboxylic acids is 1. The van der Waals surface area contributed by atoms with Gasteiger partial charge in [-0.2, -0.15) is 4.98 Å². The molecule has 1 heterocycles. The zero-order chi connectivity index (χ0) is 21.8. The fourth-order valence-corrected chi connectivity index (χ4v) is 4.07. The minimum atomic E-state index is -3.70. The molecular formula is C22H20N4O4S. The number of hydrogen-bond acceptors (Lipinski definition) is 6. The van der Waals surface area contributed by atoms with Gasteiger partial charge in [-0.3, -0.25) is 9.10 Å². The van der Waals surface area contributed by atoms with E-state index in [0.29, 0.717) is 11.5 Å². The number of carbonyl (C=O) groups is 1. The van der Waals surface area contributed by atoms with Crippen LogP contribution in [0.1, 0.15) is 5.89 Å². The summed E-state index contributed by atoms with van der Waals surface area (Å²) in [4.78, 5) is 16.8. The van der Waals surface area contributed by atoms with E-state index in [9.17, 15) is 13.2 Å². The number of benzene rings is 3. The quantitative estimate of drug-likeness (QED) is 0.478. The largest absolute Gasteiger partial charge is 0.345 e. The normalized spacial score (nSPS) is 11.4. The Bertz CT molecular complexity index is 1310. The van der Waals surface area contributed by atoms with Gasteiger partial charge in [-0.1, -0.05) is 71.9 Å². The predicted molar refractivity (Wildman–Crippen MR) is 118 cm³/mol. The lowest BCUT2D eigenvalue weighted by molar-refractivity contribution is -0.119. The van der Waals surface area contributed by atoms with Crippen LogP contribution in [-0.2, 0) is 21.4 Å². The summed E-state index contributed by atoms with van der Waals surface area (Å²) in [6.07, 6.45) is 1.08. The first-order valence-corrected chi connectivity index (χ1v) is 11.4. The van der Waals surface area contributed by atoms with E-state index in [4.69, 9.17) is 4.52 Å². The number of hydrogen-bond donors (Lipinski definition) is 1. The van der Waals surface area contributed by atoms with Crippen molar-refractivity contribution in [3.63, 3.8) is 0 Å². The summed E-state index contributed by atoms with van der Waals surface area (Å²) >= 11 is 0. The van der Waals surface area contributed by atoms with Gasteiger partial charge >= 0.3 is 0 Å². The smallest absolute Gasteiger partial charge is 0.246 e. The van der Waals surface area contributed by atoms with Crippen molar-refractivity contribution in [3.8, 4) is 11.4 Å². The number of nitrogens with one attached hydrogen (secondary N) is 1. The number of amides is 1. The minimum Gasteiger partial charge on any atom is -0.345 e. The highest BCUT2D eigenvalue weighted by Gasteiger charge is 2.23. The van der Waals surface area contributed by atoms with Crippen LogP contribution in [0.4, 0.5) is 5.69 Å². The molecule has 0 bridgehead atoms. The Labute approximate surface area is 179 Å². The van der Waals surface area contributed by atoms with E-state index in [1.165, 1.54) is 0 Å². The standard InChI is InChI=1S/C22H20N4O4S/c1-31(28,29)26(19-13-7-11-16-8-5-6-12-18(16)19)15-20(27)23-14-21-24-22(25-30-21)17-9-3-2-4-10-17/h2-13H,14-15H2,1H3,(H,23,27). The van der Waals surface area contributed by atoms with E-state index in [-0.39, 0.29) is 19.0 Å². The molecule has 0 fully saturated rings. The van der Waals surface area contributed by atoms with Crippen molar-refractivity contribution < 1.29 is 17.7 Å². The summed E-state index contributed by atoms with van der Waals surface area (Å²) in [7, 11) is -3.70. The van der Waals surface area contributed by atoms with Crippen LogP contribution in [0, 0.1) is 0 Å². The van der Waals surface area contributed by atoms with Crippen molar-refractivity contribution in [2.24, 2.45) is 0 Å². The molecular weight excluding hydrogens is 416 g/mol. The number of rotatable bonds is 7. The number of anilines is 1. The molecule has 8 nitrogen and oxygen atoms in total. The van der Waals surface area contributed by atoms with Gasteiger partial charge in [0.25, 0.3) is 0 Å². The van der Waals surface area contributed by atoms with Crippen LogP contribution in [0.3, 0.4) is 0 Å². The Morgan fingerprint density at radius 2 is 1.71 bits per heavy atom. The zero-order valence-electron chi connectivity index (χ0n) is 16.7. The van der Waals surface area contributed by atoms with Crippen LogP contribution in [0.2, 0.25) is 0 Å². The lowest BCUT2D eigenvalue weighted by Crippen LogP contribution is -2.40. The maximum absolute atomic E-state index is 12.6. The van der Waals surface area contributed by atoms with Crippen LogP contribution in [0.15, 0.2) is 77.3 Å². The van der Waals surface area contributed by atoms with Gasteiger partial charge in [0.15, 0.2) is 0 Å². The van der Waals surface area contributed by atoms with E-state index in [2.05, 4.69) is 15.5 Å². The van der Waals surface area contributed by atoms with Gasteiger partial charge in [0.1, 0.15) is 6.54 Å². The first-order chi connectivity index (χ1) is 14.9. The number of aromatic nitrogens is 2. The molecule has 4 aromatic rings. The van der Waals surface area contributed by atoms with Gasteiger partial charge in [-0.15, -0.1) is 0 Å². The molecule has 31 heavy (non-hydrogen) atoms. The molecule has 0 radical (unpaired) electrons. The Morgan fingerprint density at radius 1 is 1.00 bits per heavy atom. The minimum absolute atomic E-state index is 0.00813. The molecule has 1 N–H and O–H groups in total. The first-order valence-electron chi connectivity index (χ1n) is 9.52. The van der Waals surface area contributed by atoms with Crippen LogP contribution in [0.25, 0.3) is 22.2 Å². The van der Waals surface area contributed by atoms with Crippen molar-refractivity contribution in [1.29, 1.82) is 0 Å². The van der Waals surface area contributed by atoms with Crippen molar-refractivity contribution >= 4 is 32.4 Å². The molecule has 0 unspecified atom stereocenters. The summed E-state index contributed by atoms with van der Waals surface area (Å²) in [6.45, 7) is -0.377. The lowest BCUT2D eigenvalue weighted by atomic mass is 10.1. The molecule has 0 atom stereocenters. The SMILES string of the molecule is CS(=O)(=O)N(CC(=O)NCc1nc(-c2ccccc2)no1)c1cccc2ccccc12. The summed E-state index contributed by atoms with van der Waals surface area (Å²) in [6, 6.07) is 22.0. The van der Waals surface area contributed by atoms with Crippen molar-refractivity contribution in [2.75, 3.05) is 17.1 Å². The fourth-order valence-electron chi connectivity index (χ4n) is 3.20. The molecule has 0 saturated carbocycles. The maximum Gasteiger partial charge on any atom is 0.246 e. The van der Waals surface area contributed by atoms with Crippen molar-refractivity contribution in [2.45, 2.75) is 6.54 Å². The third-order valence-corrected chi connectivity index (χ3v) is 5.79. The summed E-state index contributed by atoms with van der Waals surface area (Å²) in [5.74, 6) is 0.152. The molecule has 4 rings (SSSR count). The summed E-state index contributed by atoms with van der Waals surface area (Å²) in [5.41, 5.74) is 1.24. The fraction of sp³-hybridized carbons (Fsp3) is 0.136. The van der Waals surface area contributed by atoms with Gasteiger partial charge in [-0.25, -0.2) is 8.42 Å². The highest BCUT2D eigenvalue weighted by atomic mass is 32.2. The first kappa shape index (κ1) is 20.5. The van der Waals surface area contributed by atoms with Gasteiger partial charge in [0.2, 0.25) is 27.6 Å². The Morgan fingerprint density at radius 3 is 2.48 bits per heavy atom. The third-order valence-electron chi connectivity index (χ3n) is 4.66. The van der Waals surface area contributed by atoms with Gasteiger partial charge in [-0.05, 0) is 11.5 Å². The molecule has 0 aliphatic rings. The van der Waals surface area contributed by atoms with E-state index in [1.54, 1.807) is 12.1 Å². The van der Waals surface area contributed by atoms with E-state index in [0.717, 1.165) is 26.9 Å². The molecule has 0 aliphatic heterocycles. The van der Waals surface area contributed by atoms with Crippen LogP contribution in [0.5, 0.6) is 0 Å². The monoisotopic (exact) mass is 436 g/mol. The molecule has 1 amide bonds. The molecule has 1 aromatic heterocycles. The second kappa shape index (κ2) is 8.57. The van der Waals surface area contributed by atoms with Gasteiger partial charge in [0, 0.05) is 10.9 Å². The Balaban J connectivity index is 1.49. The highest BCUT2D eigenvalue weighted by Crippen LogP contribution is 2.28. The average molecular weight is 436 g/mol. The molecule has 158 valence electrons. The lowest BCUT2D eigenvalue weighted by Gasteiger charge is -2.23. The number of fused-ring (bicyclic) bond motifs is 1. The third kappa shape index (κ3) is 4.72. The van der Waals surface area contributed by atoms with Crippen molar-refractivity contribution in [3.05, 3.63) is 78.7 Å². The Kier molecular flexibility index (Phi) is 5.68. The number of sulfonamides is 1. The predicted octanol–water partition coefficient (Wildman–Crippen LogP) is 2.97. The number of nitrogens with zero attached hydrogens (tertiary/aromatic N) is 3. The maximum atomic E-state index is 12.6. The molecule has 9 heteroatoms. The van der Waals surface area contributed by atoms with Crippen LogP contribution < -0.4 is 9.62 Å². The van der Waals surface area contributed by atoms with E-state index in [1.807, 2.05) is 60.7 Å². The molecule has 0 spiro atoms. The van der Waals surface area contributed by atoms with Crippen LogP contribution in [-0.4, -0.2) is 37.3 Å². The van der Waals surface area contributed by atoms with E-state index >= 15 is 0 Å².